The van der Waals surface area contributed by atoms with E-state index in [0.717, 1.165) is 22.1 Å². The Bertz CT molecular complexity index is 2090. The maximum Gasteiger partial charge on any atom is 0.408 e. The lowest BCUT2D eigenvalue weighted by atomic mass is 9.85. The highest BCUT2D eigenvalue weighted by Crippen LogP contribution is 2.42. The number of aromatic nitrogens is 2. The zero-order chi connectivity index (χ0) is 36.3. The largest absolute Gasteiger partial charge is 0.508 e. The van der Waals surface area contributed by atoms with Gasteiger partial charge in [0.05, 0.1) is 29.0 Å². The lowest BCUT2D eigenvalue weighted by molar-refractivity contribution is -0.172. The van der Waals surface area contributed by atoms with E-state index in [2.05, 4.69) is 16.0 Å². The Balaban J connectivity index is 1.08. The fraction of sp³-hybridized carbons (Fsp3) is 0.368. The van der Waals surface area contributed by atoms with Crippen molar-refractivity contribution in [1.82, 2.24) is 25.5 Å². The van der Waals surface area contributed by atoms with E-state index in [-0.39, 0.29) is 54.8 Å². The molecule has 51 heavy (non-hydrogen) atoms. The first-order valence-corrected chi connectivity index (χ1v) is 17.2. The molecule has 0 spiro atoms. The first-order chi connectivity index (χ1) is 24.6. The van der Waals surface area contributed by atoms with Crippen LogP contribution in [0.25, 0.3) is 22.3 Å². The average Bonchev–Trinajstić information content (AvgIpc) is 3.50. The van der Waals surface area contributed by atoms with E-state index >= 15 is 0 Å². The summed E-state index contributed by atoms with van der Waals surface area (Å²) in [5.74, 6) is -0.896. The molecule has 3 amide bonds. The first-order valence-electron chi connectivity index (χ1n) is 17.2. The van der Waals surface area contributed by atoms with Gasteiger partial charge in [-0.3, -0.25) is 14.4 Å². The molecule has 6 rings (SSSR count). The van der Waals surface area contributed by atoms with Crippen molar-refractivity contribution >= 4 is 34.8 Å². The number of cyclic esters (lactones) is 1. The number of benzene rings is 2. The van der Waals surface area contributed by atoms with Gasteiger partial charge >= 0.3 is 12.1 Å². The van der Waals surface area contributed by atoms with Gasteiger partial charge in [0, 0.05) is 48.6 Å². The summed E-state index contributed by atoms with van der Waals surface area (Å²) in [5.41, 5.74) is 3.46. The Morgan fingerprint density at radius 1 is 1.00 bits per heavy atom. The van der Waals surface area contributed by atoms with Gasteiger partial charge in [-0.25, -0.2) is 14.6 Å². The normalized spacial score (nSPS) is 15.7. The maximum absolute atomic E-state index is 13.9. The minimum absolute atomic E-state index is 0.0416. The van der Waals surface area contributed by atoms with E-state index in [1.807, 2.05) is 6.92 Å². The van der Waals surface area contributed by atoms with Gasteiger partial charge in [-0.15, -0.1) is 0 Å². The van der Waals surface area contributed by atoms with E-state index in [1.165, 1.54) is 0 Å². The van der Waals surface area contributed by atoms with Crippen LogP contribution in [0.3, 0.4) is 0 Å². The Morgan fingerprint density at radius 2 is 1.78 bits per heavy atom. The van der Waals surface area contributed by atoms with Gasteiger partial charge in [-0.05, 0) is 73.2 Å². The van der Waals surface area contributed by atoms with E-state index in [1.54, 1.807) is 67.1 Å². The Hall–Kier alpha value is -5.72. The summed E-state index contributed by atoms with van der Waals surface area (Å²) in [6.07, 6.45) is 2.05. The lowest BCUT2D eigenvalue weighted by Gasteiger charge is -2.35. The van der Waals surface area contributed by atoms with E-state index < -0.39 is 17.7 Å². The van der Waals surface area contributed by atoms with Gasteiger partial charge in [0.15, 0.2) is 0 Å². The number of carbonyl (C=O) groups is 4. The van der Waals surface area contributed by atoms with Crippen molar-refractivity contribution < 1.29 is 33.8 Å². The Kier molecular flexibility index (Phi) is 10.1. The van der Waals surface area contributed by atoms with Gasteiger partial charge in [-0.1, -0.05) is 32.4 Å². The number of rotatable bonds is 12. The lowest BCUT2D eigenvalue weighted by Crippen LogP contribution is -2.49. The summed E-state index contributed by atoms with van der Waals surface area (Å²) >= 11 is 0. The number of hydrogen-bond donors (Lipinski definition) is 4. The van der Waals surface area contributed by atoms with Crippen LogP contribution in [-0.2, 0) is 50.8 Å². The zero-order valence-corrected chi connectivity index (χ0v) is 28.9. The zero-order valence-electron chi connectivity index (χ0n) is 28.9. The highest BCUT2D eigenvalue weighted by molar-refractivity contribution is 5.94. The van der Waals surface area contributed by atoms with Crippen molar-refractivity contribution in [2.24, 2.45) is 0 Å². The molecule has 4 aromatic rings. The molecule has 0 unspecified atom stereocenters. The molecule has 13 nitrogen and oxygen atoms in total. The van der Waals surface area contributed by atoms with Crippen LogP contribution >= 0.6 is 0 Å². The number of phenols is 1. The number of pyridine rings is 2. The molecule has 0 radical (unpaired) electrons. The summed E-state index contributed by atoms with van der Waals surface area (Å²) in [7, 11) is 1.57. The molecule has 0 aliphatic carbocycles. The molecule has 266 valence electrons. The van der Waals surface area contributed by atoms with Crippen molar-refractivity contribution in [1.29, 1.82) is 0 Å². The smallest absolute Gasteiger partial charge is 0.408 e. The minimum Gasteiger partial charge on any atom is -0.508 e. The molecule has 4 heterocycles. The first kappa shape index (κ1) is 35.1. The third-order valence-corrected chi connectivity index (χ3v) is 9.66. The highest BCUT2D eigenvalue weighted by atomic mass is 16.6. The molecule has 13 heteroatoms. The summed E-state index contributed by atoms with van der Waals surface area (Å²) in [5, 5.41) is 19.1. The van der Waals surface area contributed by atoms with Crippen molar-refractivity contribution in [3.63, 3.8) is 0 Å². The number of unbranched alkanes of at least 4 members (excludes halogenated alkanes) is 2. The van der Waals surface area contributed by atoms with Crippen molar-refractivity contribution in [2.45, 2.75) is 77.7 Å². The number of ether oxygens (including phenoxy) is 2. The number of alkyl carbamates (subject to hydrolysis) is 1. The number of nitrogens with zero attached hydrogens (tertiary/aromatic N) is 2. The van der Waals surface area contributed by atoms with Crippen LogP contribution in [0, 0.1) is 0 Å². The molecular weight excluding hydrogens is 654 g/mol. The molecule has 4 N–H and O–H groups in total. The van der Waals surface area contributed by atoms with Crippen LogP contribution in [0.2, 0.25) is 0 Å². The summed E-state index contributed by atoms with van der Waals surface area (Å²) < 4.78 is 12.9. The second kappa shape index (κ2) is 14.6. The predicted molar refractivity (Wildman–Crippen MR) is 188 cm³/mol. The molecule has 2 aliphatic rings. The van der Waals surface area contributed by atoms with Crippen LogP contribution in [0.1, 0.15) is 84.1 Å². The molecule has 0 bridgehead atoms. The number of esters is 1. The number of aromatic hydroxyl groups is 1. The van der Waals surface area contributed by atoms with Gasteiger partial charge in [0.2, 0.25) is 11.5 Å². The van der Waals surface area contributed by atoms with E-state index in [4.69, 9.17) is 14.5 Å². The number of hydrogen-bond acceptors (Lipinski definition) is 9. The van der Waals surface area contributed by atoms with E-state index in [0.29, 0.717) is 66.7 Å². The fourth-order valence-electron chi connectivity index (χ4n) is 6.89. The van der Waals surface area contributed by atoms with E-state index in [9.17, 15) is 29.1 Å². The number of carbonyl (C=O) groups excluding carboxylic acids is 4. The van der Waals surface area contributed by atoms with Gasteiger partial charge in [-0.2, -0.15) is 0 Å². The third-order valence-electron chi connectivity index (χ3n) is 9.66. The molecule has 0 fully saturated rings. The SMILES string of the molecule is CCc1c2c(nc3ccc(O)cc13)-c1cc3c(c(=O)n1C2)COC(=O)[C@@]3(CC)OC(=O)NCCCCCC(=O)NCc1ccc(C(=O)NC)cc1. The fourth-order valence-corrected chi connectivity index (χ4v) is 6.89. The summed E-state index contributed by atoms with van der Waals surface area (Å²) in [6.45, 7) is 4.35. The van der Waals surface area contributed by atoms with Crippen LogP contribution in [0.5, 0.6) is 5.75 Å². The number of amides is 3. The molecule has 0 saturated carbocycles. The number of aryl methyl sites for hydroxylation is 1. The van der Waals surface area contributed by atoms with Crippen molar-refractivity contribution in [3.8, 4) is 17.1 Å². The van der Waals surface area contributed by atoms with Crippen LogP contribution in [0.4, 0.5) is 4.79 Å². The third kappa shape index (κ3) is 6.75. The minimum atomic E-state index is -1.83. The highest BCUT2D eigenvalue weighted by Gasteiger charge is 2.50. The Morgan fingerprint density at radius 3 is 2.51 bits per heavy atom. The van der Waals surface area contributed by atoms with Gasteiger partial charge in [0.25, 0.3) is 11.5 Å². The monoisotopic (exact) mass is 695 g/mol. The summed E-state index contributed by atoms with van der Waals surface area (Å²) in [6, 6.07) is 13.7. The quantitative estimate of drug-likeness (QED) is 0.109. The van der Waals surface area contributed by atoms with Crippen LogP contribution in [-0.4, -0.2) is 52.1 Å². The molecule has 1 atom stereocenters. The van der Waals surface area contributed by atoms with Crippen LogP contribution < -0.4 is 21.5 Å². The number of fused-ring (bicyclic) bond motifs is 5. The second-order valence-electron chi connectivity index (χ2n) is 12.7. The predicted octanol–water partition coefficient (Wildman–Crippen LogP) is 4.32. The number of nitrogens with one attached hydrogen (secondary N) is 3. The molecular formula is C38H41N5O8. The second-order valence-corrected chi connectivity index (χ2v) is 12.7. The maximum atomic E-state index is 13.9. The topological polar surface area (TPSA) is 178 Å². The molecule has 0 saturated heterocycles. The van der Waals surface area contributed by atoms with Crippen molar-refractivity contribution in [2.75, 3.05) is 13.6 Å². The van der Waals surface area contributed by atoms with Crippen molar-refractivity contribution in [3.05, 3.63) is 92.3 Å². The van der Waals surface area contributed by atoms with Gasteiger partial charge < -0.3 is 35.1 Å². The molecule has 2 aromatic carbocycles. The Labute approximate surface area is 294 Å². The van der Waals surface area contributed by atoms with Gasteiger partial charge in [0.1, 0.15) is 12.4 Å². The number of phenolic OH excluding ortho intramolecular Hbond substituents is 1. The molecule has 2 aromatic heterocycles. The van der Waals surface area contributed by atoms with Crippen LogP contribution in [0.15, 0.2) is 53.3 Å². The average molecular weight is 696 g/mol. The summed E-state index contributed by atoms with van der Waals surface area (Å²) in [4.78, 5) is 69.2. The molecule has 2 aliphatic heterocycles. The standard InChI is InChI=1S/C38H41N5O8/c1-4-25-26-17-24(44)14-15-30(26)42-33-27(25)20-43-31(33)18-29-28(35(43)47)21-50-36(48)38(29,5-2)51-37(49)40-16-8-6-7-9-32(45)41-19-22-10-12-23(13-11-22)34(46)39-3/h10-15,17-18,44H,4-9,16,19-21H2,1-3H3,(H,39,46)(H,40,49)(H,41,45)/t38-/m0/s1.